The van der Waals surface area contributed by atoms with Gasteiger partial charge in [-0.25, -0.2) is 0 Å². The van der Waals surface area contributed by atoms with Crippen LogP contribution in [0.5, 0.6) is 0 Å². The minimum absolute atomic E-state index is 0.119. The van der Waals surface area contributed by atoms with Gasteiger partial charge in [-0.2, -0.15) is 0 Å². The summed E-state index contributed by atoms with van der Waals surface area (Å²) in [6.07, 6.45) is 4.22. The molecule has 2 aliphatic carbocycles. The molecule has 0 radical (unpaired) electrons. The van der Waals surface area contributed by atoms with Crippen molar-refractivity contribution < 1.29 is 4.79 Å². The average Bonchev–Trinajstić information content (AvgIpc) is 2.99. The Kier molecular flexibility index (Phi) is 2.73. The van der Waals surface area contributed by atoms with Gasteiger partial charge in [-0.3, -0.25) is 4.79 Å². The fraction of sp³-hybridized carbons (Fsp3) is 0.316. The second-order valence-electron chi connectivity index (χ2n) is 6.10. The SMILES string of the molecule is O=C(c1ccccc1)c1ccc(C2C3CCCC32)cc1. The third kappa shape index (κ3) is 1.89. The molecule has 2 aliphatic rings. The lowest BCUT2D eigenvalue weighted by molar-refractivity contribution is 0.103. The smallest absolute Gasteiger partial charge is 0.193 e. The van der Waals surface area contributed by atoms with E-state index in [1.165, 1.54) is 24.8 Å². The van der Waals surface area contributed by atoms with E-state index in [9.17, 15) is 4.79 Å². The largest absolute Gasteiger partial charge is 0.289 e. The quantitative estimate of drug-likeness (QED) is 0.748. The third-order valence-electron chi connectivity index (χ3n) is 5.00. The predicted octanol–water partition coefficient (Wildman–Crippen LogP) is 4.43. The molecule has 2 aromatic carbocycles. The highest BCUT2D eigenvalue weighted by Gasteiger charge is 2.52. The average molecular weight is 262 g/mol. The van der Waals surface area contributed by atoms with Crippen LogP contribution in [0.3, 0.4) is 0 Å². The number of hydrogen-bond donors (Lipinski definition) is 0. The van der Waals surface area contributed by atoms with Crippen molar-refractivity contribution >= 4 is 5.78 Å². The van der Waals surface area contributed by atoms with Gasteiger partial charge in [0.1, 0.15) is 0 Å². The molecule has 0 amide bonds. The summed E-state index contributed by atoms with van der Waals surface area (Å²) in [7, 11) is 0. The first-order valence-corrected chi connectivity index (χ1v) is 7.54. The van der Waals surface area contributed by atoms with Crippen LogP contribution < -0.4 is 0 Å². The van der Waals surface area contributed by atoms with E-state index in [2.05, 4.69) is 12.1 Å². The molecule has 2 atom stereocenters. The number of carbonyl (C=O) groups is 1. The highest BCUT2D eigenvalue weighted by molar-refractivity contribution is 6.08. The Morgan fingerprint density at radius 3 is 2.05 bits per heavy atom. The normalized spacial score (nSPS) is 27.1. The first kappa shape index (κ1) is 11.9. The van der Waals surface area contributed by atoms with E-state index < -0.39 is 0 Å². The summed E-state index contributed by atoms with van der Waals surface area (Å²) >= 11 is 0. The van der Waals surface area contributed by atoms with E-state index in [0.29, 0.717) is 0 Å². The monoisotopic (exact) mass is 262 g/mol. The van der Waals surface area contributed by atoms with Crippen molar-refractivity contribution in [2.24, 2.45) is 11.8 Å². The second-order valence-corrected chi connectivity index (χ2v) is 6.10. The Labute approximate surface area is 119 Å². The van der Waals surface area contributed by atoms with Crippen molar-refractivity contribution in [3.63, 3.8) is 0 Å². The molecule has 1 heteroatoms. The molecule has 4 rings (SSSR count). The summed E-state index contributed by atoms with van der Waals surface area (Å²) in [6.45, 7) is 0. The van der Waals surface area contributed by atoms with Crippen LogP contribution in [0.2, 0.25) is 0 Å². The summed E-state index contributed by atoms with van der Waals surface area (Å²) in [5.41, 5.74) is 3.00. The van der Waals surface area contributed by atoms with E-state index in [1.807, 2.05) is 42.5 Å². The molecule has 2 fully saturated rings. The zero-order chi connectivity index (χ0) is 13.5. The zero-order valence-corrected chi connectivity index (χ0v) is 11.5. The second kappa shape index (κ2) is 4.59. The highest BCUT2D eigenvalue weighted by Crippen LogP contribution is 2.63. The maximum Gasteiger partial charge on any atom is 0.193 e. The van der Waals surface area contributed by atoms with E-state index in [4.69, 9.17) is 0 Å². The number of benzene rings is 2. The van der Waals surface area contributed by atoms with Gasteiger partial charge in [-0.1, -0.05) is 61.0 Å². The van der Waals surface area contributed by atoms with Gasteiger partial charge in [0.25, 0.3) is 0 Å². The maximum atomic E-state index is 12.3. The van der Waals surface area contributed by atoms with Crippen molar-refractivity contribution in [3.8, 4) is 0 Å². The van der Waals surface area contributed by atoms with Gasteiger partial charge in [0.15, 0.2) is 5.78 Å². The number of hydrogen-bond acceptors (Lipinski definition) is 1. The summed E-state index contributed by atoms with van der Waals surface area (Å²) < 4.78 is 0. The minimum atomic E-state index is 0.119. The van der Waals surface area contributed by atoms with Gasteiger partial charge in [0.2, 0.25) is 0 Å². The molecule has 0 aromatic heterocycles. The Morgan fingerprint density at radius 2 is 1.40 bits per heavy atom. The zero-order valence-electron chi connectivity index (χ0n) is 11.5. The van der Waals surface area contributed by atoms with E-state index in [0.717, 1.165) is 28.9 Å². The summed E-state index contributed by atoms with van der Waals surface area (Å²) in [5, 5.41) is 0. The maximum absolute atomic E-state index is 12.3. The van der Waals surface area contributed by atoms with Gasteiger partial charge in [-0.15, -0.1) is 0 Å². The van der Waals surface area contributed by atoms with Crippen molar-refractivity contribution in [1.82, 2.24) is 0 Å². The van der Waals surface area contributed by atoms with Gasteiger partial charge < -0.3 is 0 Å². The van der Waals surface area contributed by atoms with Crippen LogP contribution in [0, 0.1) is 11.8 Å². The Balaban J connectivity index is 1.55. The Hall–Kier alpha value is -1.89. The number of fused-ring (bicyclic) bond motifs is 1. The molecule has 1 nitrogen and oxygen atoms in total. The van der Waals surface area contributed by atoms with Gasteiger partial charge in [0.05, 0.1) is 0 Å². The van der Waals surface area contributed by atoms with Crippen LogP contribution in [0.1, 0.15) is 46.7 Å². The first-order chi connectivity index (χ1) is 9.84. The van der Waals surface area contributed by atoms with Crippen molar-refractivity contribution in [2.45, 2.75) is 25.2 Å². The molecule has 2 aromatic rings. The fourth-order valence-electron chi connectivity index (χ4n) is 3.93. The molecule has 2 unspecified atom stereocenters. The molecule has 20 heavy (non-hydrogen) atoms. The number of rotatable bonds is 3. The van der Waals surface area contributed by atoms with Gasteiger partial charge in [-0.05, 0) is 36.2 Å². The summed E-state index contributed by atoms with van der Waals surface area (Å²) in [4.78, 5) is 12.3. The fourth-order valence-corrected chi connectivity index (χ4v) is 3.93. The standard InChI is InChI=1S/C19H18O/c20-19(14-5-2-1-3-6-14)15-11-9-13(10-12-15)18-16-7-4-8-17(16)18/h1-3,5-6,9-12,16-18H,4,7-8H2. The molecular weight excluding hydrogens is 244 g/mol. The first-order valence-electron chi connectivity index (χ1n) is 7.54. The predicted molar refractivity (Wildman–Crippen MR) is 79.9 cm³/mol. The lowest BCUT2D eigenvalue weighted by Crippen LogP contribution is -2.01. The van der Waals surface area contributed by atoms with E-state index in [-0.39, 0.29) is 5.78 Å². The molecule has 100 valence electrons. The molecule has 0 bridgehead atoms. The van der Waals surface area contributed by atoms with Crippen LogP contribution >= 0.6 is 0 Å². The molecule has 0 heterocycles. The van der Waals surface area contributed by atoms with Gasteiger partial charge in [0, 0.05) is 11.1 Å². The molecule has 0 spiro atoms. The molecule has 0 saturated heterocycles. The van der Waals surface area contributed by atoms with Gasteiger partial charge >= 0.3 is 0 Å². The van der Waals surface area contributed by atoms with Crippen molar-refractivity contribution in [3.05, 3.63) is 71.3 Å². The molecule has 0 N–H and O–H groups in total. The molecule has 0 aliphatic heterocycles. The number of carbonyl (C=O) groups excluding carboxylic acids is 1. The Morgan fingerprint density at radius 1 is 0.800 bits per heavy atom. The highest BCUT2D eigenvalue weighted by atomic mass is 16.1. The van der Waals surface area contributed by atoms with Crippen molar-refractivity contribution in [2.75, 3.05) is 0 Å². The lowest BCUT2D eigenvalue weighted by atomic mass is 9.98. The Bertz CT molecular complexity index is 617. The minimum Gasteiger partial charge on any atom is -0.289 e. The van der Waals surface area contributed by atoms with Crippen LogP contribution in [-0.4, -0.2) is 5.78 Å². The lowest BCUT2D eigenvalue weighted by Gasteiger charge is -2.05. The third-order valence-corrected chi connectivity index (χ3v) is 5.00. The van der Waals surface area contributed by atoms with E-state index >= 15 is 0 Å². The summed E-state index contributed by atoms with van der Waals surface area (Å²) in [6, 6.07) is 17.8. The van der Waals surface area contributed by atoms with Crippen LogP contribution in [0.15, 0.2) is 54.6 Å². The van der Waals surface area contributed by atoms with Crippen LogP contribution in [-0.2, 0) is 0 Å². The van der Waals surface area contributed by atoms with Crippen molar-refractivity contribution in [1.29, 1.82) is 0 Å². The van der Waals surface area contributed by atoms with E-state index in [1.54, 1.807) is 0 Å². The topological polar surface area (TPSA) is 17.1 Å². The molecular formula is C19H18O. The number of ketones is 1. The summed E-state index contributed by atoms with van der Waals surface area (Å²) in [5.74, 6) is 2.77. The van der Waals surface area contributed by atoms with Crippen LogP contribution in [0.4, 0.5) is 0 Å². The van der Waals surface area contributed by atoms with Crippen LogP contribution in [0.25, 0.3) is 0 Å². The molecule has 2 saturated carbocycles.